The highest BCUT2D eigenvalue weighted by Crippen LogP contribution is 2.42. The highest BCUT2D eigenvalue weighted by molar-refractivity contribution is 7.99. The minimum atomic E-state index is 0.607. The van der Waals surface area contributed by atoms with E-state index in [1.54, 1.807) is 0 Å². The third-order valence-electron chi connectivity index (χ3n) is 3.28. The molecule has 2 nitrogen and oxygen atoms in total. The summed E-state index contributed by atoms with van der Waals surface area (Å²) in [7, 11) is 0. The van der Waals surface area contributed by atoms with Crippen LogP contribution >= 0.6 is 11.8 Å². The van der Waals surface area contributed by atoms with E-state index in [0.29, 0.717) is 12.0 Å². The Morgan fingerprint density at radius 1 is 1.47 bits per heavy atom. The molecule has 15 heavy (non-hydrogen) atoms. The van der Waals surface area contributed by atoms with Crippen molar-refractivity contribution in [1.82, 2.24) is 0 Å². The largest absolute Gasteiger partial charge is 0.381 e. The van der Waals surface area contributed by atoms with Crippen LogP contribution in [0.1, 0.15) is 23.5 Å². The van der Waals surface area contributed by atoms with Gasteiger partial charge in [-0.3, -0.25) is 0 Å². The molecule has 0 bridgehead atoms. The Balaban J connectivity index is 2.02. The first-order valence-corrected chi connectivity index (χ1v) is 6.42. The van der Waals surface area contributed by atoms with Gasteiger partial charge in [0.15, 0.2) is 0 Å². The van der Waals surface area contributed by atoms with Crippen molar-refractivity contribution in [2.24, 2.45) is 0 Å². The lowest BCUT2D eigenvalue weighted by atomic mass is 9.94. The maximum absolute atomic E-state index is 8.89. The number of thioether (sulfide) groups is 1. The predicted molar refractivity (Wildman–Crippen MR) is 63.3 cm³/mol. The van der Waals surface area contributed by atoms with Crippen LogP contribution < -0.4 is 5.32 Å². The van der Waals surface area contributed by atoms with Crippen molar-refractivity contribution in [2.45, 2.75) is 18.4 Å². The fourth-order valence-corrected chi connectivity index (χ4v) is 3.74. The summed E-state index contributed by atoms with van der Waals surface area (Å²) < 4.78 is 0. The third-order valence-corrected chi connectivity index (χ3v) is 4.40. The zero-order chi connectivity index (χ0) is 10.3. The van der Waals surface area contributed by atoms with Gasteiger partial charge in [-0.15, -0.1) is 0 Å². The Kier molecular flexibility index (Phi) is 2.10. The third kappa shape index (κ3) is 1.40. The molecule has 3 heteroatoms. The molecule has 76 valence electrons. The molecule has 1 saturated heterocycles. The van der Waals surface area contributed by atoms with Gasteiger partial charge in [0.1, 0.15) is 0 Å². The molecule has 0 amide bonds. The maximum atomic E-state index is 8.89. The van der Waals surface area contributed by atoms with Crippen molar-refractivity contribution < 1.29 is 0 Å². The summed E-state index contributed by atoms with van der Waals surface area (Å²) in [5, 5.41) is 12.5. The van der Waals surface area contributed by atoms with Crippen LogP contribution in [0.4, 0.5) is 5.69 Å². The first-order chi connectivity index (χ1) is 7.38. The Morgan fingerprint density at radius 2 is 2.40 bits per heavy atom. The molecule has 2 atom stereocenters. The van der Waals surface area contributed by atoms with E-state index in [9.17, 15) is 0 Å². The number of anilines is 1. The van der Waals surface area contributed by atoms with Crippen molar-refractivity contribution in [3.63, 3.8) is 0 Å². The molecule has 0 saturated carbocycles. The van der Waals surface area contributed by atoms with Crippen LogP contribution in [-0.4, -0.2) is 17.5 Å². The molecule has 2 heterocycles. The van der Waals surface area contributed by atoms with Gasteiger partial charge < -0.3 is 5.32 Å². The van der Waals surface area contributed by atoms with Crippen molar-refractivity contribution >= 4 is 17.4 Å². The molecule has 1 fully saturated rings. The van der Waals surface area contributed by atoms with Crippen molar-refractivity contribution in [3.8, 4) is 6.07 Å². The Bertz CT molecular complexity index is 436. The zero-order valence-corrected chi connectivity index (χ0v) is 9.18. The molecule has 0 aliphatic carbocycles. The van der Waals surface area contributed by atoms with Crippen LogP contribution in [0.5, 0.6) is 0 Å². The molecule has 0 radical (unpaired) electrons. The molecule has 2 unspecified atom stereocenters. The van der Waals surface area contributed by atoms with Gasteiger partial charge in [0, 0.05) is 23.4 Å². The van der Waals surface area contributed by atoms with E-state index in [4.69, 9.17) is 5.26 Å². The smallest absolute Gasteiger partial charge is 0.0991 e. The van der Waals surface area contributed by atoms with Crippen molar-refractivity contribution in [3.05, 3.63) is 29.3 Å². The maximum Gasteiger partial charge on any atom is 0.0991 e. The van der Waals surface area contributed by atoms with Crippen LogP contribution in [0, 0.1) is 11.3 Å². The second-order valence-corrected chi connectivity index (χ2v) is 5.28. The lowest BCUT2D eigenvalue weighted by Gasteiger charge is -2.24. The number of hydrogen-bond donors (Lipinski definition) is 1. The van der Waals surface area contributed by atoms with Gasteiger partial charge in [-0.2, -0.15) is 17.0 Å². The Labute approximate surface area is 93.7 Å². The second kappa shape index (κ2) is 3.46. The highest BCUT2D eigenvalue weighted by Gasteiger charge is 2.34. The number of rotatable bonds is 0. The molecule has 3 rings (SSSR count). The lowest BCUT2D eigenvalue weighted by molar-refractivity contribution is 0.614. The topological polar surface area (TPSA) is 35.8 Å². The van der Waals surface area contributed by atoms with Gasteiger partial charge in [-0.25, -0.2) is 0 Å². The van der Waals surface area contributed by atoms with Crippen molar-refractivity contribution in [1.29, 1.82) is 5.26 Å². The fraction of sp³-hybridized carbons (Fsp3) is 0.417. The molecule has 2 aliphatic heterocycles. The predicted octanol–water partition coefficient (Wildman–Crippen LogP) is 2.57. The van der Waals surface area contributed by atoms with Crippen LogP contribution in [-0.2, 0) is 0 Å². The van der Waals surface area contributed by atoms with Gasteiger partial charge in [0.05, 0.1) is 11.6 Å². The van der Waals surface area contributed by atoms with Gasteiger partial charge >= 0.3 is 0 Å². The first kappa shape index (κ1) is 9.11. The van der Waals surface area contributed by atoms with E-state index in [1.807, 2.05) is 17.8 Å². The summed E-state index contributed by atoms with van der Waals surface area (Å²) in [6, 6.07) is 8.83. The number of fused-ring (bicyclic) bond motifs is 3. The number of nitriles is 1. The second-order valence-electron chi connectivity index (χ2n) is 4.13. The zero-order valence-electron chi connectivity index (χ0n) is 8.36. The van der Waals surface area contributed by atoms with Crippen molar-refractivity contribution in [2.75, 3.05) is 16.8 Å². The Morgan fingerprint density at radius 3 is 3.27 bits per heavy atom. The summed E-state index contributed by atoms with van der Waals surface area (Å²) in [5.74, 6) is 3.07. The van der Waals surface area contributed by atoms with Crippen LogP contribution in [0.2, 0.25) is 0 Å². The number of nitrogens with one attached hydrogen (secondary N) is 1. The van der Waals surface area contributed by atoms with E-state index in [0.717, 1.165) is 5.56 Å². The quantitative estimate of drug-likeness (QED) is 0.724. The average Bonchev–Trinajstić information content (AvgIpc) is 2.66. The summed E-state index contributed by atoms with van der Waals surface area (Å²) in [6.07, 6.45) is 1.24. The van der Waals surface area contributed by atoms with E-state index in [1.165, 1.54) is 29.2 Å². The molecule has 2 aliphatic rings. The van der Waals surface area contributed by atoms with Crippen LogP contribution in [0.15, 0.2) is 18.2 Å². The number of benzene rings is 1. The van der Waals surface area contributed by atoms with Crippen LogP contribution in [0.25, 0.3) is 0 Å². The van der Waals surface area contributed by atoms with E-state index >= 15 is 0 Å². The van der Waals surface area contributed by atoms with E-state index in [2.05, 4.69) is 23.5 Å². The van der Waals surface area contributed by atoms with Gasteiger partial charge in [-0.1, -0.05) is 0 Å². The van der Waals surface area contributed by atoms with Crippen LogP contribution in [0.3, 0.4) is 0 Å². The summed E-state index contributed by atoms with van der Waals surface area (Å²) in [6.45, 7) is 0. The molecule has 1 aromatic carbocycles. The number of hydrogen-bond acceptors (Lipinski definition) is 3. The summed E-state index contributed by atoms with van der Waals surface area (Å²) in [5.41, 5.74) is 3.38. The van der Waals surface area contributed by atoms with Gasteiger partial charge in [0.2, 0.25) is 0 Å². The van der Waals surface area contributed by atoms with Gasteiger partial charge in [0.25, 0.3) is 0 Å². The fourth-order valence-electron chi connectivity index (χ4n) is 2.49. The van der Waals surface area contributed by atoms with Gasteiger partial charge in [-0.05, 0) is 35.9 Å². The molecular formula is C12H12N2S. The summed E-state index contributed by atoms with van der Waals surface area (Å²) >= 11 is 2.03. The summed E-state index contributed by atoms with van der Waals surface area (Å²) in [4.78, 5) is 0. The SMILES string of the molecule is N#Cc1ccc2c(c1)C1CSCCC1N2. The number of nitrogens with zero attached hydrogens (tertiary/aromatic N) is 1. The minimum Gasteiger partial charge on any atom is -0.381 e. The molecular weight excluding hydrogens is 204 g/mol. The first-order valence-electron chi connectivity index (χ1n) is 5.27. The Hall–Kier alpha value is -1.14. The highest BCUT2D eigenvalue weighted by atomic mass is 32.2. The molecule has 1 aromatic rings. The average molecular weight is 216 g/mol. The monoisotopic (exact) mass is 216 g/mol. The van der Waals surface area contributed by atoms with E-state index < -0.39 is 0 Å². The minimum absolute atomic E-state index is 0.607. The molecule has 1 N–H and O–H groups in total. The normalized spacial score (nSPS) is 27.4. The molecule has 0 spiro atoms. The lowest BCUT2D eigenvalue weighted by Crippen LogP contribution is -2.26. The molecule has 0 aromatic heterocycles. The standard InChI is InChI=1S/C12H12N2S/c13-6-8-1-2-11-9(5-8)10-7-15-4-3-12(10)14-11/h1-2,5,10,12,14H,3-4,7H2. The van der Waals surface area contributed by atoms with E-state index in [-0.39, 0.29) is 0 Å².